The number of ether oxygens (including phenoxy) is 2. The first kappa shape index (κ1) is 15.8. The van der Waals surface area contributed by atoms with Gasteiger partial charge in [-0.1, -0.05) is 23.5 Å². The molecule has 19 heavy (non-hydrogen) atoms. The molecule has 7 nitrogen and oxygen atoms in total. The number of carbonyl (C=O) groups is 2. The Morgan fingerprint density at radius 3 is 2.74 bits per heavy atom. The minimum Gasteiger partial charge on any atom is -0.468 e. The monoisotopic (exact) mass is 305 g/mol. The summed E-state index contributed by atoms with van der Waals surface area (Å²) < 4.78 is 9.94. The van der Waals surface area contributed by atoms with E-state index in [4.69, 9.17) is 4.74 Å². The fourth-order valence-corrected chi connectivity index (χ4v) is 3.27. The number of thioether (sulfide) groups is 2. The summed E-state index contributed by atoms with van der Waals surface area (Å²) in [6.45, 7) is 2.38. The van der Waals surface area contributed by atoms with Gasteiger partial charge in [0.15, 0.2) is 0 Å². The second-order valence-corrected chi connectivity index (χ2v) is 5.81. The molecule has 0 aromatic carbocycles. The van der Waals surface area contributed by atoms with Crippen LogP contribution >= 0.6 is 23.5 Å². The summed E-state index contributed by atoms with van der Waals surface area (Å²) in [5.74, 6) is 0.473. The van der Waals surface area contributed by atoms with Crippen molar-refractivity contribution in [1.29, 1.82) is 0 Å². The van der Waals surface area contributed by atoms with Crippen LogP contribution in [0.4, 0.5) is 4.79 Å². The quantitative estimate of drug-likeness (QED) is 0.475. The lowest BCUT2D eigenvalue weighted by atomic mass is 10.3. The van der Waals surface area contributed by atoms with Gasteiger partial charge in [0.05, 0.1) is 26.5 Å². The van der Waals surface area contributed by atoms with Gasteiger partial charge in [-0.05, 0) is 6.92 Å². The van der Waals surface area contributed by atoms with Gasteiger partial charge in [-0.15, -0.1) is 0 Å². The molecule has 1 unspecified atom stereocenters. The van der Waals surface area contributed by atoms with Gasteiger partial charge in [-0.25, -0.2) is 10.2 Å². The van der Waals surface area contributed by atoms with Crippen LogP contribution in [0, 0.1) is 0 Å². The smallest absolute Gasteiger partial charge is 0.427 e. The van der Waals surface area contributed by atoms with Gasteiger partial charge in [-0.2, -0.15) is 5.10 Å². The minimum atomic E-state index is -0.694. The number of aliphatic imine (C=N–C) groups is 1. The number of rotatable bonds is 4. The molecule has 0 bridgehead atoms. The summed E-state index contributed by atoms with van der Waals surface area (Å²) in [7, 11) is 2.54. The fraction of sp³-hybridized carbons (Fsp3) is 0.600. The second-order valence-electron chi connectivity index (χ2n) is 3.37. The molecule has 1 aliphatic heterocycles. The third-order valence-corrected chi connectivity index (χ3v) is 4.59. The van der Waals surface area contributed by atoms with Gasteiger partial charge < -0.3 is 9.47 Å². The van der Waals surface area contributed by atoms with Crippen LogP contribution in [-0.2, 0) is 14.3 Å². The lowest BCUT2D eigenvalue weighted by Gasteiger charge is -2.13. The Hall–Kier alpha value is -1.22. The maximum atomic E-state index is 11.7. The number of esters is 1. The van der Waals surface area contributed by atoms with Gasteiger partial charge in [0.1, 0.15) is 9.63 Å². The zero-order valence-corrected chi connectivity index (χ0v) is 12.5. The van der Waals surface area contributed by atoms with Crippen LogP contribution in [0.25, 0.3) is 0 Å². The van der Waals surface area contributed by atoms with Crippen LogP contribution in [0.15, 0.2) is 10.1 Å². The van der Waals surface area contributed by atoms with Gasteiger partial charge in [-0.3, -0.25) is 9.79 Å². The van der Waals surface area contributed by atoms with E-state index in [2.05, 4.69) is 20.3 Å². The van der Waals surface area contributed by atoms with Crippen molar-refractivity contribution in [3.8, 4) is 0 Å². The van der Waals surface area contributed by atoms with E-state index in [1.165, 1.54) is 26.0 Å². The van der Waals surface area contributed by atoms with Gasteiger partial charge in [0.2, 0.25) is 0 Å². The van der Waals surface area contributed by atoms with E-state index in [-0.39, 0.29) is 0 Å². The molecule has 1 heterocycles. The lowest BCUT2D eigenvalue weighted by molar-refractivity contribution is -0.138. The van der Waals surface area contributed by atoms with Crippen LogP contribution in [-0.4, -0.2) is 53.9 Å². The first-order valence-electron chi connectivity index (χ1n) is 5.38. The Kier molecular flexibility index (Phi) is 6.71. The highest BCUT2D eigenvalue weighted by atomic mass is 32.2. The van der Waals surface area contributed by atoms with Crippen molar-refractivity contribution in [2.24, 2.45) is 10.1 Å². The third-order valence-electron chi connectivity index (χ3n) is 2.08. The Labute approximate surface area is 119 Å². The number of methoxy groups -OCH3 is 2. The van der Waals surface area contributed by atoms with Crippen LogP contribution in [0.2, 0.25) is 0 Å². The number of hydrogen-bond donors (Lipinski definition) is 1. The number of nitrogens with zero attached hydrogens (tertiary/aromatic N) is 2. The van der Waals surface area contributed by atoms with E-state index in [1.54, 1.807) is 18.7 Å². The summed E-state index contributed by atoms with van der Waals surface area (Å²) in [6, 6.07) is 0. The molecule has 1 N–H and O–H groups in total. The van der Waals surface area contributed by atoms with Crippen LogP contribution in [0.3, 0.4) is 0 Å². The summed E-state index contributed by atoms with van der Waals surface area (Å²) in [4.78, 5) is 26.9. The SMILES string of the molecule is COC(=O)N/N=C(\C)C(SC1=NCCS1)C(=O)OC. The molecule has 0 spiro atoms. The highest BCUT2D eigenvalue weighted by molar-refractivity contribution is 8.39. The molecule has 106 valence electrons. The average molecular weight is 305 g/mol. The molecular formula is C10H15N3O4S2. The predicted molar refractivity (Wildman–Crippen MR) is 76.8 cm³/mol. The largest absolute Gasteiger partial charge is 0.468 e. The lowest BCUT2D eigenvalue weighted by Crippen LogP contribution is -2.30. The van der Waals surface area contributed by atoms with E-state index in [0.717, 1.165) is 16.7 Å². The normalized spacial score (nSPS) is 16.6. The number of nitrogens with one attached hydrogen (secondary N) is 1. The van der Waals surface area contributed by atoms with Gasteiger partial charge >= 0.3 is 12.1 Å². The van der Waals surface area contributed by atoms with E-state index in [1.807, 2.05) is 0 Å². The third kappa shape index (κ3) is 5.11. The van der Waals surface area contributed by atoms with Crippen LogP contribution < -0.4 is 5.43 Å². The molecule has 0 aromatic rings. The number of amides is 1. The van der Waals surface area contributed by atoms with E-state index in [9.17, 15) is 9.59 Å². The maximum Gasteiger partial charge on any atom is 0.427 e. The van der Waals surface area contributed by atoms with Crippen molar-refractivity contribution in [1.82, 2.24) is 5.43 Å². The van der Waals surface area contributed by atoms with Crippen LogP contribution in [0.5, 0.6) is 0 Å². The van der Waals surface area contributed by atoms with E-state index >= 15 is 0 Å². The van der Waals surface area contributed by atoms with Gasteiger partial charge in [0.25, 0.3) is 0 Å². The van der Waals surface area contributed by atoms with Crippen molar-refractivity contribution in [2.75, 3.05) is 26.5 Å². The van der Waals surface area contributed by atoms with Crippen molar-refractivity contribution in [3.63, 3.8) is 0 Å². The van der Waals surface area contributed by atoms with Gasteiger partial charge in [0, 0.05) is 5.75 Å². The molecule has 0 saturated carbocycles. The summed E-state index contributed by atoms with van der Waals surface area (Å²) >= 11 is 2.85. The molecular weight excluding hydrogens is 290 g/mol. The van der Waals surface area contributed by atoms with Crippen molar-refractivity contribution in [2.45, 2.75) is 12.2 Å². The van der Waals surface area contributed by atoms with Crippen LogP contribution in [0.1, 0.15) is 6.92 Å². The molecule has 0 fully saturated rings. The zero-order chi connectivity index (χ0) is 14.3. The second kappa shape index (κ2) is 8.05. The first-order chi connectivity index (χ1) is 9.08. The van der Waals surface area contributed by atoms with E-state index < -0.39 is 17.3 Å². The minimum absolute atomic E-state index is 0.414. The molecule has 1 aliphatic rings. The van der Waals surface area contributed by atoms with E-state index in [0.29, 0.717) is 5.71 Å². The topological polar surface area (TPSA) is 89.4 Å². The first-order valence-corrected chi connectivity index (χ1v) is 7.25. The highest BCUT2D eigenvalue weighted by Crippen LogP contribution is 2.27. The summed E-state index contributed by atoms with van der Waals surface area (Å²) in [5.41, 5.74) is 2.59. The molecule has 9 heteroatoms. The molecule has 0 saturated heterocycles. The fourth-order valence-electron chi connectivity index (χ4n) is 1.14. The summed E-state index contributed by atoms with van der Waals surface area (Å²) in [6.07, 6.45) is -0.694. The standard InChI is InChI=1S/C10H15N3O4S2/c1-6(12-13-9(15)17-3)7(8(14)16-2)19-10-11-4-5-18-10/h7H,4-5H2,1-3H3,(H,13,15)/b12-6+. The van der Waals surface area contributed by atoms with Crippen molar-refractivity contribution >= 4 is 45.7 Å². The van der Waals surface area contributed by atoms with Crippen molar-refractivity contribution < 1.29 is 19.1 Å². The molecule has 1 amide bonds. The Balaban J connectivity index is 2.72. The predicted octanol–water partition coefficient (Wildman–Crippen LogP) is 1.10. The maximum absolute atomic E-state index is 11.7. The Morgan fingerprint density at radius 2 is 2.21 bits per heavy atom. The number of hydrogen-bond acceptors (Lipinski definition) is 8. The zero-order valence-electron chi connectivity index (χ0n) is 10.8. The Bertz CT molecular complexity index is 412. The Morgan fingerprint density at radius 1 is 1.47 bits per heavy atom. The van der Waals surface area contributed by atoms with Crippen molar-refractivity contribution in [3.05, 3.63) is 0 Å². The molecule has 0 aliphatic carbocycles. The average Bonchev–Trinajstić information content (AvgIpc) is 2.93. The highest BCUT2D eigenvalue weighted by Gasteiger charge is 2.27. The number of carbonyl (C=O) groups excluding carboxylic acids is 2. The summed E-state index contributed by atoms with van der Waals surface area (Å²) in [5, 5.41) is 3.18. The number of hydrazone groups is 1. The molecule has 0 aromatic heterocycles. The molecule has 0 radical (unpaired) electrons. The molecule has 1 rings (SSSR count). The molecule has 1 atom stereocenters.